The highest BCUT2D eigenvalue weighted by atomic mass is 32.2. The number of piperazine rings is 1. The summed E-state index contributed by atoms with van der Waals surface area (Å²) < 4.78 is 0. The summed E-state index contributed by atoms with van der Waals surface area (Å²) in [6, 6.07) is 8.05. The first-order valence-electron chi connectivity index (χ1n) is 10.8. The number of piperidine rings is 1. The van der Waals surface area contributed by atoms with Crippen molar-refractivity contribution in [2.45, 2.75) is 36.5 Å². The highest BCUT2D eigenvalue weighted by Gasteiger charge is 2.50. The van der Waals surface area contributed by atoms with E-state index in [1.54, 1.807) is 4.90 Å². The number of thioether (sulfide) groups is 1. The average Bonchev–Trinajstić information content (AvgIpc) is 3.34. The Morgan fingerprint density at radius 3 is 2.34 bits per heavy atom. The number of hydrogen-bond donors (Lipinski definition) is 1. The van der Waals surface area contributed by atoms with Crippen LogP contribution < -0.4 is 4.90 Å². The Balaban J connectivity index is 1.17. The molecule has 4 fully saturated rings. The van der Waals surface area contributed by atoms with Gasteiger partial charge in [-0.05, 0) is 61.6 Å². The van der Waals surface area contributed by atoms with Crippen LogP contribution in [0.25, 0.3) is 0 Å². The lowest BCUT2D eigenvalue weighted by atomic mass is 9.95. The molecule has 3 aliphatic heterocycles. The van der Waals surface area contributed by atoms with E-state index in [2.05, 4.69) is 28.8 Å². The molecule has 1 aromatic carbocycles. The maximum atomic E-state index is 12.9. The van der Waals surface area contributed by atoms with Gasteiger partial charge in [0.1, 0.15) is 5.60 Å². The van der Waals surface area contributed by atoms with Crippen molar-refractivity contribution in [2.24, 2.45) is 5.92 Å². The Morgan fingerprint density at radius 1 is 0.966 bits per heavy atom. The van der Waals surface area contributed by atoms with Crippen molar-refractivity contribution in [2.75, 3.05) is 49.9 Å². The molecular formula is C22H29N3O3S. The second kappa shape index (κ2) is 7.51. The van der Waals surface area contributed by atoms with Crippen LogP contribution in [-0.2, 0) is 4.79 Å². The largest absolute Gasteiger partial charge is 0.380 e. The number of anilines is 1. The smallest absolute Gasteiger partial charge is 0.254 e. The molecule has 3 saturated heterocycles. The van der Waals surface area contributed by atoms with E-state index < -0.39 is 5.60 Å². The molecule has 4 aliphatic rings. The maximum Gasteiger partial charge on any atom is 0.254 e. The molecule has 29 heavy (non-hydrogen) atoms. The third-order valence-corrected chi connectivity index (χ3v) is 8.46. The molecule has 2 atom stereocenters. The Hall–Kier alpha value is -1.73. The lowest BCUT2D eigenvalue weighted by molar-refractivity contribution is -0.143. The number of carbonyl (C=O) groups excluding carboxylic acids is 2. The average molecular weight is 416 g/mol. The fourth-order valence-electron chi connectivity index (χ4n) is 4.85. The molecule has 156 valence electrons. The summed E-state index contributed by atoms with van der Waals surface area (Å²) in [7, 11) is 0. The normalized spacial score (nSPS) is 28.2. The van der Waals surface area contributed by atoms with Crippen molar-refractivity contribution in [3.05, 3.63) is 29.8 Å². The molecule has 1 N–H and O–H groups in total. The van der Waals surface area contributed by atoms with E-state index in [9.17, 15) is 14.7 Å². The summed E-state index contributed by atoms with van der Waals surface area (Å²) in [6.45, 7) is 4.28. The van der Waals surface area contributed by atoms with Gasteiger partial charge < -0.3 is 19.8 Å². The SMILES string of the molecule is O=C(c1ccc(N2CCC3SCCC3C2)cc1)N1CCN(C(=O)C2(O)CC2)CC1. The molecule has 2 unspecified atom stereocenters. The zero-order valence-corrected chi connectivity index (χ0v) is 17.6. The van der Waals surface area contributed by atoms with Gasteiger partial charge in [-0.1, -0.05) is 0 Å². The number of nitrogens with zero attached hydrogens (tertiary/aromatic N) is 3. The van der Waals surface area contributed by atoms with Crippen LogP contribution in [-0.4, -0.2) is 82.6 Å². The molecule has 0 radical (unpaired) electrons. The molecule has 1 saturated carbocycles. The van der Waals surface area contributed by atoms with Crippen LogP contribution >= 0.6 is 11.8 Å². The number of amides is 2. The Bertz CT molecular complexity index is 787. The van der Waals surface area contributed by atoms with Gasteiger partial charge >= 0.3 is 0 Å². The summed E-state index contributed by atoms with van der Waals surface area (Å²) in [6.07, 6.45) is 3.71. The monoisotopic (exact) mass is 415 g/mol. The first kappa shape index (κ1) is 19.2. The lowest BCUT2D eigenvalue weighted by Crippen LogP contribution is -2.53. The molecule has 1 aliphatic carbocycles. The van der Waals surface area contributed by atoms with Crippen molar-refractivity contribution in [3.63, 3.8) is 0 Å². The molecule has 5 rings (SSSR count). The van der Waals surface area contributed by atoms with Crippen molar-refractivity contribution >= 4 is 29.3 Å². The topological polar surface area (TPSA) is 64.1 Å². The number of carbonyl (C=O) groups is 2. The van der Waals surface area contributed by atoms with E-state index in [0.29, 0.717) is 44.6 Å². The third-order valence-electron chi connectivity index (χ3n) is 6.94. The number of rotatable bonds is 3. The fraction of sp³-hybridized carbons (Fsp3) is 0.636. The van der Waals surface area contributed by atoms with Crippen LogP contribution in [0.5, 0.6) is 0 Å². The zero-order chi connectivity index (χ0) is 20.0. The van der Waals surface area contributed by atoms with E-state index in [4.69, 9.17) is 0 Å². The minimum absolute atomic E-state index is 0.0275. The minimum atomic E-state index is -1.12. The van der Waals surface area contributed by atoms with E-state index in [1.165, 1.54) is 24.3 Å². The van der Waals surface area contributed by atoms with Gasteiger partial charge in [0.25, 0.3) is 11.8 Å². The van der Waals surface area contributed by atoms with E-state index >= 15 is 0 Å². The van der Waals surface area contributed by atoms with Crippen LogP contribution in [0.2, 0.25) is 0 Å². The van der Waals surface area contributed by atoms with Crippen LogP contribution in [0.3, 0.4) is 0 Å². The Kier molecular flexibility index (Phi) is 4.98. The number of benzene rings is 1. The Labute approximate surface area is 176 Å². The van der Waals surface area contributed by atoms with Gasteiger partial charge in [-0.3, -0.25) is 9.59 Å². The lowest BCUT2D eigenvalue weighted by Gasteiger charge is -2.36. The van der Waals surface area contributed by atoms with Crippen LogP contribution in [0, 0.1) is 5.92 Å². The van der Waals surface area contributed by atoms with Gasteiger partial charge in [0, 0.05) is 55.8 Å². The second-order valence-corrected chi connectivity index (χ2v) is 10.2. The first-order chi connectivity index (χ1) is 14.0. The molecule has 1 aromatic rings. The van der Waals surface area contributed by atoms with E-state index in [1.807, 2.05) is 17.0 Å². The zero-order valence-electron chi connectivity index (χ0n) is 16.8. The quantitative estimate of drug-likeness (QED) is 0.816. The highest BCUT2D eigenvalue weighted by molar-refractivity contribution is 8.00. The molecule has 0 bridgehead atoms. The predicted molar refractivity (Wildman–Crippen MR) is 114 cm³/mol. The van der Waals surface area contributed by atoms with Crippen molar-refractivity contribution < 1.29 is 14.7 Å². The molecule has 0 spiro atoms. The standard InChI is InChI=1S/C22H29N3O3S/c26-20(23-10-12-24(13-11-23)21(27)22(28)7-8-22)16-1-3-18(4-2-16)25-9-5-19-17(15-25)6-14-29-19/h1-4,17,19,28H,5-15H2. The third kappa shape index (κ3) is 3.75. The highest BCUT2D eigenvalue weighted by Crippen LogP contribution is 2.39. The van der Waals surface area contributed by atoms with Gasteiger partial charge in [-0.2, -0.15) is 11.8 Å². The minimum Gasteiger partial charge on any atom is -0.380 e. The summed E-state index contributed by atoms with van der Waals surface area (Å²) in [5, 5.41) is 10.9. The summed E-state index contributed by atoms with van der Waals surface area (Å²) in [5.74, 6) is 1.97. The predicted octanol–water partition coefficient (Wildman–Crippen LogP) is 1.83. The Morgan fingerprint density at radius 2 is 1.66 bits per heavy atom. The molecule has 6 nitrogen and oxygen atoms in total. The van der Waals surface area contributed by atoms with Gasteiger partial charge in [0.2, 0.25) is 0 Å². The van der Waals surface area contributed by atoms with Crippen molar-refractivity contribution in [3.8, 4) is 0 Å². The van der Waals surface area contributed by atoms with Gasteiger partial charge in [-0.15, -0.1) is 0 Å². The molecule has 7 heteroatoms. The summed E-state index contributed by atoms with van der Waals surface area (Å²) in [4.78, 5) is 31.1. The van der Waals surface area contributed by atoms with Crippen LogP contribution in [0.4, 0.5) is 5.69 Å². The van der Waals surface area contributed by atoms with Gasteiger partial charge in [0.05, 0.1) is 0 Å². The molecule has 2 amide bonds. The van der Waals surface area contributed by atoms with Crippen molar-refractivity contribution in [1.29, 1.82) is 0 Å². The van der Waals surface area contributed by atoms with Gasteiger partial charge in [-0.25, -0.2) is 0 Å². The van der Waals surface area contributed by atoms with Gasteiger partial charge in [0.15, 0.2) is 0 Å². The molecule has 0 aromatic heterocycles. The number of aliphatic hydroxyl groups is 1. The fourth-order valence-corrected chi connectivity index (χ4v) is 6.36. The van der Waals surface area contributed by atoms with E-state index in [0.717, 1.165) is 24.3 Å². The number of fused-ring (bicyclic) bond motifs is 1. The summed E-state index contributed by atoms with van der Waals surface area (Å²) in [5.41, 5.74) is 0.805. The van der Waals surface area contributed by atoms with Crippen LogP contribution in [0.1, 0.15) is 36.0 Å². The van der Waals surface area contributed by atoms with E-state index in [-0.39, 0.29) is 11.8 Å². The maximum absolute atomic E-state index is 12.9. The van der Waals surface area contributed by atoms with Crippen LogP contribution in [0.15, 0.2) is 24.3 Å². The van der Waals surface area contributed by atoms with Crippen molar-refractivity contribution in [1.82, 2.24) is 9.80 Å². The summed E-state index contributed by atoms with van der Waals surface area (Å²) >= 11 is 2.14. The second-order valence-electron chi connectivity index (χ2n) is 8.86. The first-order valence-corrected chi connectivity index (χ1v) is 11.9. The number of hydrogen-bond acceptors (Lipinski definition) is 5. The molecular weight excluding hydrogens is 386 g/mol. The molecule has 3 heterocycles.